The van der Waals surface area contributed by atoms with E-state index in [9.17, 15) is 0 Å². The van der Waals surface area contributed by atoms with Gasteiger partial charge in [-0.15, -0.1) is 10.2 Å². The molecule has 0 fully saturated rings. The Hall–Kier alpha value is -1.91. The second-order valence-corrected chi connectivity index (χ2v) is 2.10. The molecule has 0 unspecified atom stereocenters. The highest BCUT2D eigenvalue weighted by molar-refractivity contribution is 5.50. The maximum absolute atomic E-state index is 4.06. The van der Waals surface area contributed by atoms with Crippen molar-refractivity contribution in [2.45, 2.75) is 0 Å². The Morgan fingerprint density at radius 3 is 2.67 bits per heavy atom. The number of rotatable bonds is 1. The third-order valence-corrected chi connectivity index (χ3v) is 1.33. The van der Waals surface area contributed by atoms with E-state index in [0.29, 0.717) is 11.4 Å². The SMILES string of the molecule is c1cnc(-c2ccnnn2)cn1. The van der Waals surface area contributed by atoms with Gasteiger partial charge in [0.25, 0.3) is 0 Å². The van der Waals surface area contributed by atoms with E-state index < -0.39 is 0 Å². The van der Waals surface area contributed by atoms with Crippen molar-refractivity contribution in [1.82, 2.24) is 25.4 Å². The highest BCUT2D eigenvalue weighted by Gasteiger charge is 1.98. The summed E-state index contributed by atoms with van der Waals surface area (Å²) < 4.78 is 0. The molecule has 5 nitrogen and oxygen atoms in total. The summed E-state index contributed by atoms with van der Waals surface area (Å²) in [5, 5.41) is 10.8. The fourth-order valence-corrected chi connectivity index (χ4v) is 0.809. The molecule has 0 atom stereocenters. The molecule has 0 spiro atoms. The van der Waals surface area contributed by atoms with E-state index in [1.54, 1.807) is 30.9 Å². The first-order valence-corrected chi connectivity index (χ1v) is 3.37. The fraction of sp³-hybridized carbons (Fsp3) is 0. The van der Waals surface area contributed by atoms with Crippen LogP contribution in [0.4, 0.5) is 0 Å². The Morgan fingerprint density at radius 2 is 2.00 bits per heavy atom. The zero-order valence-electron chi connectivity index (χ0n) is 6.12. The van der Waals surface area contributed by atoms with Crippen LogP contribution in [0.5, 0.6) is 0 Å². The van der Waals surface area contributed by atoms with Gasteiger partial charge in [-0.05, 0) is 11.3 Å². The van der Waals surface area contributed by atoms with E-state index in [1.165, 1.54) is 0 Å². The lowest BCUT2D eigenvalue weighted by molar-refractivity contribution is 0.867. The number of hydrogen-bond donors (Lipinski definition) is 0. The molecule has 0 aliphatic rings. The summed E-state index contributed by atoms with van der Waals surface area (Å²) in [5.74, 6) is 0. The van der Waals surface area contributed by atoms with Gasteiger partial charge in [-0.3, -0.25) is 9.97 Å². The molecule has 12 heavy (non-hydrogen) atoms. The van der Waals surface area contributed by atoms with Crippen molar-refractivity contribution < 1.29 is 0 Å². The average molecular weight is 159 g/mol. The minimum Gasteiger partial charge on any atom is -0.261 e. The van der Waals surface area contributed by atoms with Gasteiger partial charge in [0.05, 0.1) is 12.4 Å². The van der Waals surface area contributed by atoms with Gasteiger partial charge in [0, 0.05) is 12.4 Å². The lowest BCUT2D eigenvalue weighted by Gasteiger charge is -1.93. The molecular formula is C7H5N5. The molecule has 2 aromatic heterocycles. The van der Waals surface area contributed by atoms with Gasteiger partial charge in [-0.2, -0.15) is 0 Å². The van der Waals surface area contributed by atoms with Crippen LogP contribution in [0.2, 0.25) is 0 Å². The lowest BCUT2D eigenvalue weighted by Crippen LogP contribution is -1.91. The molecule has 2 rings (SSSR count). The molecule has 2 heterocycles. The molecule has 0 N–H and O–H groups in total. The van der Waals surface area contributed by atoms with Crippen molar-refractivity contribution >= 4 is 0 Å². The van der Waals surface area contributed by atoms with E-state index in [2.05, 4.69) is 25.4 Å². The highest BCUT2D eigenvalue weighted by atomic mass is 15.3. The number of nitrogens with zero attached hydrogens (tertiary/aromatic N) is 5. The molecule has 0 amide bonds. The zero-order chi connectivity index (χ0) is 8.23. The van der Waals surface area contributed by atoms with Crippen molar-refractivity contribution in [3.63, 3.8) is 0 Å². The van der Waals surface area contributed by atoms with Crippen LogP contribution < -0.4 is 0 Å². The first kappa shape index (κ1) is 6.78. The Bertz CT molecular complexity index is 309. The van der Waals surface area contributed by atoms with Gasteiger partial charge in [0.1, 0.15) is 11.4 Å². The van der Waals surface area contributed by atoms with E-state index >= 15 is 0 Å². The van der Waals surface area contributed by atoms with Gasteiger partial charge in [0.15, 0.2) is 0 Å². The summed E-state index contributed by atoms with van der Waals surface area (Å²) in [4.78, 5) is 7.97. The predicted molar refractivity (Wildman–Crippen MR) is 40.9 cm³/mol. The third-order valence-electron chi connectivity index (χ3n) is 1.33. The summed E-state index contributed by atoms with van der Waals surface area (Å²) in [6, 6.07) is 1.73. The molecule has 0 saturated carbocycles. The highest BCUT2D eigenvalue weighted by Crippen LogP contribution is 2.07. The van der Waals surface area contributed by atoms with Gasteiger partial charge in [-0.25, -0.2) is 0 Å². The van der Waals surface area contributed by atoms with E-state index in [-0.39, 0.29) is 0 Å². The summed E-state index contributed by atoms with van der Waals surface area (Å²) in [6.45, 7) is 0. The molecule has 0 bridgehead atoms. The first-order valence-electron chi connectivity index (χ1n) is 3.37. The molecule has 0 aliphatic heterocycles. The van der Waals surface area contributed by atoms with Gasteiger partial charge >= 0.3 is 0 Å². The molecule has 0 saturated heterocycles. The number of aromatic nitrogens is 5. The van der Waals surface area contributed by atoms with Crippen molar-refractivity contribution in [1.29, 1.82) is 0 Å². The van der Waals surface area contributed by atoms with Crippen LogP contribution in [-0.2, 0) is 0 Å². The Balaban J connectivity index is 2.46. The molecular weight excluding hydrogens is 154 g/mol. The Kier molecular flexibility index (Phi) is 1.69. The van der Waals surface area contributed by atoms with Crippen LogP contribution in [0.25, 0.3) is 11.4 Å². The summed E-state index contributed by atoms with van der Waals surface area (Å²) in [6.07, 6.45) is 6.41. The second kappa shape index (κ2) is 3.00. The summed E-state index contributed by atoms with van der Waals surface area (Å²) in [5.41, 5.74) is 1.38. The smallest absolute Gasteiger partial charge is 0.116 e. The summed E-state index contributed by atoms with van der Waals surface area (Å²) in [7, 11) is 0. The van der Waals surface area contributed by atoms with Crippen LogP contribution in [0, 0.1) is 0 Å². The van der Waals surface area contributed by atoms with Gasteiger partial charge in [-0.1, -0.05) is 0 Å². The zero-order valence-corrected chi connectivity index (χ0v) is 6.12. The molecule has 0 aromatic carbocycles. The maximum atomic E-state index is 4.06. The van der Waals surface area contributed by atoms with Crippen LogP contribution in [0.3, 0.4) is 0 Å². The minimum atomic E-state index is 0.679. The predicted octanol–water partition coefficient (Wildman–Crippen LogP) is 0.329. The van der Waals surface area contributed by atoms with Crippen molar-refractivity contribution in [3.8, 4) is 11.4 Å². The van der Waals surface area contributed by atoms with Crippen LogP contribution in [-0.4, -0.2) is 25.4 Å². The van der Waals surface area contributed by atoms with Gasteiger partial charge in [0.2, 0.25) is 0 Å². The van der Waals surface area contributed by atoms with Crippen molar-refractivity contribution in [2.24, 2.45) is 0 Å². The molecule has 5 heteroatoms. The van der Waals surface area contributed by atoms with Crippen molar-refractivity contribution in [2.75, 3.05) is 0 Å². The van der Waals surface area contributed by atoms with Crippen LogP contribution >= 0.6 is 0 Å². The normalized spacial score (nSPS) is 9.67. The topological polar surface area (TPSA) is 64.5 Å². The van der Waals surface area contributed by atoms with Crippen LogP contribution in [0.15, 0.2) is 30.9 Å². The van der Waals surface area contributed by atoms with Gasteiger partial charge < -0.3 is 0 Å². The number of hydrogen-bond acceptors (Lipinski definition) is 5. The molecule has 0 radical (unpaired) electrons. The van der Waals surface area contributed by atoms with E-state index in [4.69, 9.17) is 0 Å². The maximum Gasteiger partial charge on any atom is 0.116 e. The molecule has 58 valence electrons. The Morgan fingerprint density at radius 1 is 1.00 bits per heavy atom. The van der Waals surface area contributed by atoms with E-state index in [0.717, 1.165) is 0 Å². The Labute approximate surface area is 68.5 Å². The van der Waals surface area contributed by atoms with Crippen molar-refractivity contribution in [3.05, 3.63) is 30.9 Å². The largest absolute Gasteiger partial charge is 0.261 e. The third kappa shape index (κ3) is 1.24. The summed E-state index contributed by atoms with van der Waals surface area (Å²) >= 11 is 0. The molecule has 2 aromatic rings. The lowest BCUT2D eigenvalue weighted by atomic mass is 10.3. The second-order valence-electron chi connectivity index (χ2n) is 2.10. The standard InChI is InChI=1S/C7H5N5/c1-2-10-12-11-6(1)7-5-8-3-4-9-7/h1-5H. The quantitative estimate of drug-likeness (QED) is 0.599. The fourth-order valence-electron chi connectivity index (χ4n) is 0.809. The first-order chi connectivity index (χ1) is 5.97. The average Bonchev–Trinajstić information content (AvgIpc) is 2.21. The molecule has 0 aliphatic carbocycles. The van der Waals surface area contributed by atoms with Crippen LogP contribution in [0.1, 0.15) is 0 Å². The van der Waals surface area contributed by atoms with E-state index in [1.807, 2.05) is 0 Å². The monoisotopic (exact) mass is 159 g/mol. The minimum absolute atomic E-state index is 0.679.